The van der Waals surface area contributed by atoms with Crippen LogP contribution < -0.4 is 16.8 Å². The molecule has 2 amide bonds. The third-order valence-electron chi connectivity index (χ3n) is 5.65. The molecule has 1 fully saturated rings. The Morgan fingerprint density at radius 1 is 1.28 bits per heavy atom. The third-order valence-corrected chi connectivity index (χ3v) is 5.65. The van der Waals surface area contributed by atoms with E-state index in [2.05, 4.69) is 10.4 Å². The second-order valence-corrected chi connectivity index (χ2v) is 7.55. The van der Waals surface area contributed by atoms with E-state index in [4.69, 9.17) is 11.5 Å². The van der Waals surface area contributed by atoms with Crippen LogP contribution in [-0.4, -0.2) is 56.8 Å². The summed E-state index contributed by atoms with van der Waals surface area (Å²) in [6.45, 7) is 4.26. The van der Waals surface area contributed by atoms with Gasteiger partial charge in [-0.05, 0) is 31.5 Å². The summed E-state index contributed by atoms with van der Waals surface area (Å²) in [6, 6.07) is 6.20. The Morgan fingerprint density at radius 2 is 2.03 bits per heavy atom. The number of hydrogen-bond donors (Lipinski definition) is 4. The number of amides is 2. The topological polar surface area (TPSA) is 140 Å². The summed E-state index contributed by atoms with van der Waals surface area (Å²) in [5.41, 5.74) is 12.6. The number of likely N-dealkylation sites (tertiary alicyclic amines) is 1. The minimum absolute atomic E-state index is 0.112. The van der Waals surface area contributed by atoms with E-state index < -0.39 is 12.1 Å². The minimum atomic E-state index is -0.869. The van der Waals surface area contributed by atoms with E-state index >= 15 is 0 Å². The standard InChI is InChI=1S/C20H28N6O3/c1-12(13(2)26-9-4-8-23-26)19(28)24-16-7-10-25(11-17(16)27)20(29)14-5-3-6-15(21)18(14)22/h3-6,8-9,12-13,16-17,27H,7,10-11,21-22H2,1-2H3,(H,24,28). The van der Waals surface area contributed by atoms with E-state index in [1.54, 1.807) is 29.1 Å². The quantitative estimate of drug-likeness (QED) is 0.543. The molecule has 0 radical (unpaired) electrons. The van der Waals surface area contributed by atoms with Crippen LogP contribution in [0, 0.1) is 5.92 Å². The van der Waals surface area contributed by atoms with Crippen LogP contribution in [0.25, 0.3) is 0 Å². The Morgan fingerprint density at radius 3 is 2.69 bits per heavy atom. The van der Waals surface area contributed by atoms with Crippen molar-refractivity contribution in [2.75, 3.05) is 24.6 Å². The SMILES string of the molecule is CC(C(=O)NC1CCN(C(=O)c2cccc(N)c2N)CC1O)C(C)n1cccn1. The molecule has 4 unspecified atom stereocenters. The molecule has 4 atom stereocenters. The average Bonchev–Trinajstić information content (AvgIpc) is 3.24. The number of aliphatic hydroxyl groups is 1. The third kappa shape index (κ3) is 4.34. The number of nitrogens with one attached hydrogen (secondary N) is 1. The first-order chi connectivity index (χ1) is 13.8. The van der Waals surface area contributed by atoms with Crippen molar-refractivity contribution in [2.24, 2.45) is 5.92 Å². The van der Waals surface area contributed by atoms with Gasteiger partial charge in [-0.15, -0.1) is 0 Å². The molecule has 2 aromatic rings. The molecular formula is C20H28N6O3. The second-order valence-electron chi connectivity index (χ2n) is 7.55. The monoisotopic (exact) mass is 400 g/mol. The number of para-hydroxylation sites is 1. The summed E-state index contributed by atoms with van der Waals surface area (Å²) in [4.78, 5) is 26.9. The smallest absolute Gasteiger partial charge is 0.256 e. The van der Waals surface area contributed by atoms with Gasteiger partial charge in [-0.3, -0.25) is 14.3 Å². The van der Waals surface area contributed by atoms with Gasteiger partial charge in [0.15, 0.2) is 0 Å². The summed E-state index contributed by atoms with van der Waals surface area (Å²) in [5, 5.41) is 17.6. The molecule has 1 aliphatic heterocycles. The van der Waals surface area contributed by atoms with E-state index in [0.29, 0.717) is 24.2 Å². The van der Waals surface area contributed by atoms with Crippen LogP contribution in [0.1, 0.15) is 36.7 Å². The zero-order valence-electron chi connectivity index (χ0n) is 16.7. The summed E-state index contributed by atoms with van der Waals surface area (Å²) >= 11 is 0. The number of β-amino-alcohol motifs (C(OH)–C–C–N with tert-alkyl or cyclic N) is 1. The first kappa shape index (κ1) is 20.7. The minimum Gasteiger partial charge on any atom is -0.397 e. The van der Waals surface area contributed by atoms with Crippen molar-refractivity contribution in [1.82, 2.24) is 20.0 Å². The molecule has 1 saturated heterocycles. The number of carbonyl (C=O) groups excluding carboxylic acids is 2. The molecule has 6 N–H and O–H groups in total. The molecular weight excluding hydrogens is 372 g/mol. The highest BCUT2D eigenvalue weighted by atomic mass is 16.3. The van der Waals surface area contributed by atoms with Gasteiger partial charge in [-0.2, -0.15) is 5.10 Å². The van der Waals surface area contributed by atoms with E-state index in [9.17, 15) is 14.7 Å². The predicted molar refractivity (Wildman–Crippen MR) is 110 cm³/mol. The number of nitrogens with two attached hydrogens (primary N) is 2. The number of aliphatic hydroxyl groups excluding tert-OH is 1. The fraction of sp³-hybridized carbons (Fsp3) is 0.450. The van der Waals surface area contributed by atoms with Crippen molar-refractivity contribution in [1.29, 1.82) is 0 Å². The van der Waals surface area contributed by atoms with Gasteiger partial charge in [0.25, 0.3) is 5.91 Å². The lowest BCUT2D eigenvalue weighted by molar-refractivity contribution is -0.127. The lowest BCUT2D eigenvalue weighted by atomic mass is 9.97. The molecule has 0 aliphatic carbocycles. The maximum absolute atomic E-state index is 12.8. The normalized spacial score (nSPS) is 21.4. The summed E-state index contributed by atoms with van der Waals surface area (Å²) in [5.74, 6) is -0.759. The number of anilines is 2. The van der Waals surface area contributed by atoms with Gasteiger partial charge < -0.3 is 26.8 Å². The van der Waals surface area contributed by atoms with Gasteiger partial charge in [0, 0.05) is 25.5 Å². The number of hydrogen-bond acceptors (Lipinski definition) is 6. The number of nitrogens with zero attached hydrogens (tertiary/aromatic N) is 3. The van der Waals surface area contributed by atoms with Crippen molar-refractivity contribution in [2.45, 2.75) is 38.5 Å². The predicted octanol–water partition coefficient (Wildman–Crippen LogP) is 0.636. The van der Waals surface area contributed by atoms with Gasteiger partial charge in [0.1, 0.15) is 0 Å². The van der Waals surface area contributed by atoms with Crippen LogP contribution in [0.2, 0.25) is 0 Å². The molecule has 1 aromatic carbocycles. The zero-order valence-corrected chi connectivity index (χ0v) is 16.7. The molecule has 1 aromatic heterocycles. The first-order valence-corrected chi connectivity index (χ1v) is 9.70. The molecule has 0 spiro atoms. The first-order valence-electron chi connectivity index (χ1n) is 9.70. The number of aromatic nitrogens is 2. The molecule has 1 aliphatic rings. The Hall–Kier alpha value is -3.07. The van der Waals surface area contributed by atoms with Crippen LogP contribution >= 0.6 is 0 Å². The molecule has 2 heterocycles. The van der Waals surface area contributed by atoms with Gasteiger partial charge in [-0.25, -0.2) is 0 Å². The lowest BCUT2D eigenvalue weighted by Crippen LogP contribution is -2.56. The summed E-state index contributed by atoms with van der Waals surface area (Å²) < 4.78 is 1.73. The largest absolute Gasteiger partial charge is 0.397 e. The Bertz CT molecular complexity index is 869. The average molecular weight is 400 g/mol. The van der Waals surface area contributed by atoms with E-state index in [1.807, 2.05) is 26.1 Å². The van der Waals surface area contributed by atoms with E-state index in [0.717, 1.165) is 0 Å². The number of piperidine rings is 1. The van der Waals surface area contributed by atoms with E-state index in [1.165, 1.54) is 4.90 Å². The number of benzene rings is 1. The second kappa shape index (κ2) is 8.52. The fourth-order valence-corrected chi connectivity index (χ4v) is 3.51. The van der Waals surface area contributed by atoms with Crippen LogP contribution in [0.15, 0.2) is 36.7 Å². The maximum Gasteiger partial charge on any atom is 0.256 e. The van der Waals surface area contributed by atoms with E-state index in [-0.39, 0.29) is 36.0 Å². The van der Waals surface area contributed by atoms with Crippen LogP contribution in [0.5, 0.6) is 0 Å². The summed E-state index contributed by atoms with van der Waals surface area (Å²) in [7, 11) is 0. The molecule has 29 heavy (non-hydrogen) atoms. The highest BCUT2D eigenvalue weighted by Crippen LogP contribution is 2.23. The van der Waals surface area contributed by atoms with Crippen molar-refractivity contribution in [3.8, 4) is 0 Å². The zero-order chi connectivity index (χ0) is 21.1. The molecule has 9 heteroatoms. The van der Waals surface area contributed by atoms with Gasteiger partial charge >= 0.3 is 0 Å². The Balaban J connectivity index is 1.59. The van der Waals surface area contributed by atoms with Crippen LogP contribution in [-0.2, 0) is 4.79 Å². The van der Waals surface area contributed by atoms with Crippen molar-refractivity contribution in [3.05, 3.63) is 42.2 Å². The highest BCUT2D eigenvalue weighted by Gasteiger charge is 2.33. The van der Waals surface area contributed by atoms with Gasteiger partial charge in [-0.1, -0.05) is 13.0 Å². The lowest BCUT2D eigenvalue weighted by Gasteiger charge is -2.37. The van der Waals surface area contributed by atoms with Crippen molar-refractivity contribution < 1.29 is 14.7 Å². The fourth-order valence-electron chi connectivity index (χ4n) is 3.51. The molecule has 9 nitrogen and oxygen atoms in total. The van der Waals surface area contributed by atoms with Crippen LogP contribution in [0.4, 0.5) is 11.4 Å². The molecule has 0 saturated carbocycles. The Kier molecular flexibility index (Phi) is 6.07. The summed E-state index contributed by atoms with van der Waals surface area (Å²) in [6.07, 6.45) is 3.07. The van der Waals surface area contributed by atoms with Gasteiger partial charge in [0.05, 0.1) is 41.0 Å². The Labute approximate surface area is 169 Å². The number of carbonyl (C=O) groups is 2. The number of nitrogen functional groups attached to an aromatic ring is 2. The van der Waals surface area contributed by atoms with Crippen molar-refractivity contribution in [3.63, 3.8) is 0 Å². The van der Waals surface area contributed by atoms with Crippen LogP contribution in [0.3, 0.4) is 0 Å². The molecule has 3 rings (SSSR count). The number of rotatable bonds is 5. The van der Waals surface area contributed by atoms with Gasteiger partial charge in [0.2, 0.25) is 5.91 Å². The molecule has 156 valence electrons. The highest BCUT2D eigenvalue weighted by molar-refractivity contribution is 6.01. The maximum atomic E-state index is 12.8. The van der Waals surface area contributed by atoms with Crippen molar-refractivity contribution >= 4 is 23.2 Å². The molecule has 0 bridgehead atoms.